The van der Waals surface area contributed by atoms with E-state index in [4.69, 9.17) is 32.6 Å². The van der Waals surface area contributed by atoms with Crippen LogP contribution < -0.4 is 4.18 Å². The average Bonchev–Trinajstić information content (AvgIpc) is 3.24. The Labute approximate surface area is 167 Å². The van der Waals surface area contributed by atoms with E-state index in [1.807, 2.05) is 32.0 Å². The van der Waals surface area contributed by atoms with Gasteiger partial charge in [0, 0.05) is 0 Å². The van der Waals surface area contributed by atoms with Crippen molar-refractivity contribution in [2.24, 2.45) is 0 Å². The summed E-state index contributed by atoms with van der Waals surface area (Å²) in [5, 5.41) is -0.602. The van der Waals surface area contributed by atoms with Gasteiger partial charge in [0.25, 0.3) is 0 Å². The highest BCUT2D eigenvalue weighted by Gasteiger charge is 2.60. The predicted molar refractivity (Wildman–Crippen MR) is 98.5 cm³/mol. The van der Waals surface area contributed by atoms with E-state index < -0.39 is 47.6 Å². The van der Waals surface area contributed by atoms with Crippen molar-refractivity contribution >= 4 is 17.3 Å². The van der Waals surface area contributed by atoms with Gasteiger partial charge in [-0.1, -0.05) is 18.2 Å². The van der Waals surface area contributed by atoms with Gasteiger partial charge in [0.2, 0.25) is 0 Å². The number of hydrogen-bond acceptors (Lipinski definition) is 9. The van der Waals surface area contributed by atoms with Crippen LogP contribution in [0.25, 0.3) is 0 Å². The van der Waals surface area contributed by atoms with E-state index in [1.165, 1.54) is 0 Å². The molecule has 0 aromatic heterocycles. The number of rotatable bonds is 4. The molecular formula is C19H24O8S. The molecule has 3 aliphatic rings. The van der Waals surface area contributed by atoms with Crippen LogP contribution in [0.15, 0.2) is 30.3 Å². The summed E-state index contributed by atoms with van der Waals surface area (Å²) in [5.41, 5.74) is 0. The summed E-state index contributed by atoms with van der Waals surface area (Å²) in [6, 6.07) is 9.00. The van der Waals surface area contributed by atoms with Crippen molar-refractivity contribution in [3.05, 3.63) is 30.3 Å². The molecule has 1 aromatic carbocycles. The first-order valence-corrected chi connectivity index (χ1v) is 9.90. The monoisotopic (exact) mass is 412 g/mol. The zero-order valence-corrected chi connectivity index (χ0v) is 17.0. The fraction of sp³-hybridized carbons (Fsp3) is 0.632. The van der Waals surface area contributed by atoms with Crippen molar-refractivity contribution in [2.45, 2.75) is 70.0 Å². The van der Waals surface area contributed by atoms with Crippen LogP contribution in [0.3, 0.4) is 0 Å². The van der Waals surface area contributed by atoms with Gasteiger partial charge < -0.3 is 32.6 Å². The van der Waals surface area contributed by atoms with Crippen LogP contribution >= 0.6 is 12.0 Å². The minimum atomic E-state index is -0.828. The highest BCUT2D eigenvalue weighted by Crippen LogP contribution is 2.42. The number of carbonyl (C=O) groups is 1. The summed E-state index contributed by atoms with van der Waals surface area (Å²) >= 11 is 0.610. The molecule has 0 N–H and O–H groups in total. The Morgan fingerprint density at radius 1 is 1.04 bits per heavy atom. The van der Waals surface area contributed by atoms with Crippen LogP contribution in [0, 0.1) is 0 Å². The van der Waals surface area contributed by atoms with Crippen LogP contribution in [0.2, 0.25) is 0 Å². The molecule has 8 nitrogen and oxygen atoms in total. The van der Waals surface area contributed by atoms with Crippen LogP contribution in [0.4, 0.5) is 4.79 Å². The van der Waals surface area contributed by atoms with Crippen molar-refractivity contribution in [1.29, 1.82) is 0 Å². The van der Waals surface area contributed by atoms with E-state index in [-0.39, 0.29) is 0 Å². The molecule has 1 aromatic rings. The lowest BCUT2D eigenvalue weighted by molar-refractivity contribution is -0.231. The van der Waals surface area contributed by atoms with Gasteiger partial charge in [-0.25, -0.2) is 4.79 Å². The van der Waals surface area contributed by atoms with Crippen molar-refractivity contribution in [3.63, 3.8) is 0 Å². The number of fused-ring (bicyclic) bond motifs is 1. The summed E-state index contributed by atoms with van der Waals surface area (Å²) in [6.45, 7) is 7.54. The van der Waals surface area contributed by atoms with Gasteiger partial charge in [-0.05, 0) is 39.8 Å². The van der Waals surface area contributed by atoms with Gasteiger partial charge in [0.05, 0.1) is 6.61 Å². The minimum absolute atomic E-state index is 0.322. The fourth-order valence-electron chi connectivity index (χ4n) is 3.50. The molecule has 3 fully saturated rings. The van der Waals surface area contributed by atoms with E-state index in [0.717, 1.165) is 0 Å². The molecule has 0 aliphatic carbocycles. The molecule has 0 amide bonds. The van der Waals surface area contributed by atoms with Gasteiger partial charge >= 0.3 is 5.30 Å². The van der Waals surface area contributed by atoms with Gasteiger partial charge in [0.1, 0.15) is 18.0 Å². The Bertz CT molecular complexity index is 709. The lowest BCUT2D eigenvalue weighted by Gasteiger charge is -2.28. The van der Waals surface area contributed by atoms with Gasteiger partial charge in [-0.15, -0.1) is 0 Å². The van der Waals surface area contributed by atoms with Crippen LogP contribution in [-0.2, 0) is 28.4 Å². The first kappa shape index (κ1) is 19.9. The Balaban J connectivity index is 1.43. The average molecular weight is 412 g/mol. The summed E-state index contributed by atoms with van der Waals surface area (Å²) in [7, 11) is 0. The van der Waals surface area contributed by atoms with Gasteiger partial charge in [-0.2, -0.15) is 0 Å². The Morgan fingerprint density at radius 2 is 1.79 bits per heavy atom. The molecule has 9 heteroatoms. The quantitative estimate of drug-likeness (QED) is 0.547. The minimum Gasteiger partial charge on any atom is -0.446 e. The maximum Gasteiger partial charge on any atom is 0.407 e. The third-order valence-corrected chi connectivity index (χ3v) is 5.11. The number of ether oxygens (including phenoxy) is 6. The van der Waals surface area contributed by atoms with E-state index in [2.05, 4.69) is 0 Å². The maximum atomic E-state index is 12.4. The normalized spacial score (nSPS) is 35.5. The Morgan fingerprint density at radius 3 is 2.46 bits per heavy atom. The van der Waals surface area contributed by atoms with Gasteiger partial charge in [0.15, 0.2) is 42.1 Å². The van der Waals surface area contributed by atoms with E-state index in [9.17, 15) is 4.79 Å². The molecule has 0 radical (unpaired) electrons. The first-order chi connectivity index (χ1) is 13.2. The second kappa shape index (κ2) is 7.47. The molecule has 4 rings (SSSR count). The highest BCUT2D eigenvalue weighted by molar-refractivity contribution is 8.09. The number of carbonyl (C=O) groups excluding carboxylic acids is 1. The molecule has 0 saturated carbocycles. The molecule has 3 aliphatic heterocycles. The van der Waals surface area contributed by atoms with E-state index >= 15 is 0 Å². The smallest absolute Gasteiger partial charge is 0.407 e. The standard InChI is InChI=1S/C19H24O8S/c1-18(2)21-10-12(24-18)13-14(15-16(22-13)26-19(3,4)25-15)23-17(20)28-27-11-8-6-5-7-9-11/h5-9,12-16H,10H2,1-4H3. The molecule has 3 heterocycles. The van der Waals surface area contributed by atoms with E-state index in [0.29, 0.717) is 24.4 Å². The fourth-order valence-corrected chi connectivity index (χ4v) is 3.93. The summed E-state index contributed by atoms with van der Waals surface area (Å²) < 4.78 is 40.3. The predicted octanol–water partition coefficient (Wildman–Crippen LogP) is 3.25. The zero-order valence-electron chi connectivity index (χ0n) is 16.2. The summed E-state index contributed by atoms with van der Waals surface area (Å²) in [6.07, 6.45) is -2.91. The number of hydrogen-bond donors (Lipinski definition) is 0. The third-order valence-electron chi connectivity index (χ3n) is 4.61. The second-order valence-electron chi connectivity index (χ2n) is 7.75. The summed E-state index contributed by atoms with van der Waals surface area (Å²) in [4.78, 5) is 12.4. The topological polar surface area (TPSA) is 81.7 Å². The van der Waals surface area contributed by atoms with Gasteiger partial charge in [-0.3, -0.25) is 0 Å². The lowest BCUT2D eigenvalue weighted by Crippen LogP contribution is -2.44. The van der Waals surface area contributed by atoms with Crippen LogP contribution in [-0.4, -0.2) is 54.2 Å². The van der Waals surface area contributed by atoms with Crippen LogP contribution in [0.5, 0.6) is 5.75 Å². The van der Waals surface area contributed by atoms with E-state index in [1.54, 1.807) is 26.0 Å². The largest absolute Gasteiger partial charge is 0.446 e. The molecule has 154 valence electrons. The highest BCUT2D eigenvalue weighted by atomic mass is 32.2. The molecule has 5 unspecified atom stereocenters. The first-order valence-electron chi connectivity index (χ1n) is 9.15. The van der Waals surface area contributed by atoms with Crippen molar-refractivity contribution < 1.29 is 37.4 Å². The molecule has 3 saturated heterocycles. The molecule has 5 atom stereocenters. The SMILES string of the molecule is CC1(C)OCC(C2OC3OC(C)(C)OC3C2OC(=O)SOc2ccccc2)O1. The number of para-hydroxylation sites is 1. The Hall–Kier alpha value is -1.36. The maximum absolute atomic E-state index is 12.4. The third kappa shape index (κ3) is 4.29. The van der Waals surface area contributed by atoms with Crippen molar-refractivity contribution in [1.82, 2.24) is 0 Å². The number of benzene rings is 1. The summed E-state index contributed by atoms with van der Waals surface area (Å²) in [5.74, 6) is -1.00. The second-order valence-corrected chi connectivity index (χ2v) is 8.42. The Kier molecular flexibility index (Phi) is 5.32. The van der Waals surface area contributed by atoms with Crippen LogP contribution in [0.1, 0.15) is 27.7 Å². The van der Waals surface area contributed by atoms with Crippen molar-refractivity contribution in [3.8, 4) is 5.75 Å². The molecule has 0 spiro atoms. The lowest BCUT2D eigenvalue weighted by atomic mass is 10.1. The molecule has 28 heavy (non-hydrogen) atoms. The molecular weight excluding hydrogens is 388 g/mol. The molecule has 0 bridgehead atoms. The van der Waals surface area contributed by atoms with Crippen molar-refractivity contribution in [2.75, 3.05) is 6.61 Å². The zero-order chi connectivity index (χ0) is 19.9.